The monoisotopic (exact) mass is 248 g/mol. The Hall–Kier alpha value is -1.48. The SMILES string of the molecule is COc1ccccc1-n1nc(C2CC2)cc1Cl. The van der Waals surface area contributed by atoms with Crippen molar-refractivity contribution >= 4 is 11.6 Å². The molecule has 1 aliphatic rings. The van der Waals surface area contributed by atoms with E-state index in [9.17, 15) is 0 Å². The number of aromatic nitrogens is 2. The van der Waals surface area contributed by atoms with Crippen molar-refractivity contribution in [3.8, 4) is 11.4 Å². The first-order valence-corrected chi connectivity index (χ1v) is 6.06. The van der Waals surface area contributed by atoms with Gasteiger partial charge in [-0.05, 0) is 31.0 Å². The highest BCUT2D eigenvalue weighted by molar-refractivity contribution is 6.29. The summed E-state index contributed by atoms with van der Waals surface area (Å²) in [6.07, 6.45) is 2.44. The van der Waals surface area contributed by atoms with E-state index in [1.807, 2.05) is 30.3 Å². The summed E-state index contributed by atoms with van der Waals surface area (Å²) >= 11 is 6.23. The highest BCUT2D eigenvalue weighted by Gasteiger charge is 2.27. The van der Waals surface area contributed by atoms with Crippen molar-refractivity contribution in [2.24, 2.45) is 0 Å². The van der Waals surface area contributed by atoms with E-state index in [-0.39, 0.29) is 0 Å². The van der Waals surface area contributed by atoms with Gasteiger partial charge in [-0.15, -0.1) is 0 Å². The normalized spacial score (nSPS) is 14.9. The van der Waals surface area contributed by atoms with Gasteiger partial charge in [0.1, 0.15) is 16.6 Å². The lowest BCUT2D eigenvalue weighted by Crippen LogP contribution is -2.00. The maximum atomic E-state index is 6.23. The standard InChI is InChI=1S/C13H13ClN2O/c1-17-12-5-3-2-4-11(12)16-13(14)8-10(15-16)9-6-7-9/h2-5,8-9H,6-7H2,1H3. The number of ether oxygens (including phenoxy) is 1. The molecule has 1 aromatic carbocycles. The predicted molar refractivity (Wildman–Crippen MR) is 67.1 cm³/mol. The van der Waals surface area contributed by atoms with Crippen LogP contribution in [0.15, 0.2) is 30.3 Å². The minimum Gasteiger partial charge on any atom is -0.494 e. The number of methoxy groups -OCH3 is 1. The summed E-state index contributed by atoms with van der Waals surface area (Å²) in [5.74, 6) is 1.38. The van der Waals surface area contributed by atoms with Gasteiger partial charge in [0.25, 0.3) is 0 Å². The third kappa shape index (κ3) is 1.91. The zero-order chi connectivity index (χ0) is 11.8. The molecule has 3 nitrogen and oxygen atoms in total. The molecule has 3 rings (SSSR count). The molecule has 0 unspecified atom stereocenters. The second-order valence-electron chi connectivity index (χ2n) is 4.25. The topological polar surface area (TPSA) is 27.1 Å². The second kappa shape index (κ2) is 4.08. The number of halogens is 1. The Morgan fingerprint density at radius 1 is 1.35 bits per heavy atom. The first kappa shape index (κ1) is 10.7. The predicted octanol–water partition coefficient (Wildman–Crippen LogP) is 3.41. The van der Waals surface area contributed by atoms with Crippen LogP contribution in [0.2, 0.25) is 5.15 Å². The fourth-order valence-electron chi connectivity index (χ4n) is 1.93. The van der Waals surface area contributed by atoms with Crippen LogP contribution in [-0.4, -0.2) is 16.9 Å². The summed E-state index contributed by atoms with van der Waals surface area (Å²) in [4.78, 5) is 0. The Morgan fingerprint density at radius 3 is 2.82 bits per heavy atom. The lowest BCUT2D eigenvalue weighted by molar-refractivity contribution is 0.411. The van der Waals surface area contributed by atoms with E-state index in [1.165, 1.54) is 12.8 Å². The van der Waals surface area contributed by atoms with Crippen molar-refractivity contribution in [3.05, 3.63) is 41.2 Å². The van der Waals surface area contributed by atoms with Crippen molar-refractivity contribution < 1.29 is 4.74 Å². The molecule has 88 valence electrons. The van der Waals surface area contributed by atoms with E-state index in [1.54, 1.807) is 11.8 Å². The smallest absolute Gasteiger partial charge is 0.144 e. The molecule has 0 bridgehead atoms. The van der Waals surface area contributed by atoms with Crippen LogP contribution < -0.4 is 4.74 Å². The van der Waals surface area contributed by atoms with Crippen LogP contribution in [0.3, 0.4) is 0 Å². The first-order valence-electron chi connectivity index (χ1n) is 5.68. The van der Waals surface area contributed by atoms with Gasteiger partial charge in [-0.2, -0.15) is 5.10 Å². The van der Waals surface area contributed by atoms with Gasteiger partial charge in [0.05, 0.1) is 12.8 Å². The summed E-state index contributed by atoms with van der Waals surface area (Å²) in [5.41, 5.74) is 1.97. The minimum absolute atomic E-state index is 0.600. The van der Waals surface area contributed by atoms with Crippen LogP contribution in [0.25, 0.3) is 5.69 Å². The van der Waals surface area contributed by atoms with E-state index in [2.05, 4.69) is 5.10 Å². The van der Waals surface area contributed by atoms with Crippen molar-refractivity contribution in [2.75, 3.05) is 7.11 Å². The largest absolute Gasteiger partial charge is 0.494 e. The third-order valence-electron chi connectivity index (χ3n) is 2.99. The Kier molecular flexibility index (Phi) is 2.56. The molecule has 17 heavy (non-hydrogen) atoms. The van der Waals surface area contributed by atoms with E-state index < -0.39 is 0 Å². The Labute approximate surface area is 105 Å². The van der Waals surface area contributed by atoms with Gasteiger partial charge >= 0.3 is 0 Å². The van der Waals surface area contributed by atoms with Crippen molar-refractivity contribution in [1.29, 1.82) is 0 Å². The lowest BCUT2D eigenvalue weighted by Gasteiger charge is -2.08. The van der Waals surface area contributed by atoms with E-state index in [0.29, 0.717) is 11.1 Å². The van der Waals surface area contributed by atoms with Crippen LogP contribution in [0.1, 0.15) is 24.5 Å². The summed E-state index contributed by atoms with van der Waals surface area (Å²) in [7, 11) is 1.65. The highest BCUT2D eigenvalue weighted by Crippen LogP contribution is 2.40. The molecule has 0 spiro atoms. The van der Waals surface area contributed by atoms with Gasteiger partial charge in [0.2, 0.25) is 0 Å². The summed E-state index contributed by atoms with van der Waals surface area (Å²) < 4.78 is 7.06. The molecule has 1 aromatic heterocycles. The summed E-state index contributed by atoms with van der Waals surface area (Å²) in [5, 5.41) is 5.19. The van der Waals surface area contributed by atoms with Gasteiger partial charge < -0.3 is 4.74 Å². The van der Waals surface area contributed by atoms with E-state index in [0.717, 1.165) is 17.1 Å². The zero-order valence-electron chi connectivity index (χ0n) is 9.56. The molecule has 0 saturated heterocycles. The quantitative estimate of drug-likeness (QED) is 0.832. The van der Waals surface area contributed by atoms with Gasteiger partial charge in [-0.3, -0.25) is 0 Å². The fourth-order valence-corrected chi connectivity index (χ4v) is 2.17. The minimum atomic E-state index is 0.600. The van der Waals surface area contributed by atoms with Crippen LogP contribution in [0.4, 0.5) is 0 Å². The zero-order valence-corrected chi connectivity index (χ0v) is 10.3. The van der Waals surface area contributed by atoms with Crippen molar-refractivity contribution in [3.63, 3.8) is 0 Å². The Balaban J connectivity index is 2.07. The summed E-state index contributed by atoms with van der Waals surface area (Å²) in [6, 6.07) is 9.69. The summed E-state index contributed by atoms with van der Waals surface area (Å²) in [6.45, 7) is 0. The molecule has 1 aliphatic carbocycles. The van der Waals surface area contributed by atoms with Crippen LogP contribution >= 0.6 is 11.6 Å². The lowest BCUT2D eigenvalue weighted by atomic mass is 10.3. The van der Waals surface area contributed by atoms with Crippen LogP contribution in [0, 0.1) is 0 Å². The molecule has 4 heteroatoms. The van der Waals surface area contributed by atoms with Gasteiger partial charge in [-0.25, -0.2) is 4.68 Å². The molecule has 1 heterocycles. The maximum Gasteiger partial charge on any atom is 0.144 e. The first-order chi connectivity index (χ1) is 8.29. The molecule has 0 N–H and O–H groups in total. The molecular weight excluding hydrogens is 236 g/mol. The number of benzene rings is 1. The maximum absolute atomic E-state index is 6.23. The number of hydrogen-bond donors (Lipinski definition) is 0. The van der Waals surface area contributed by atoms with Crippen LogP contribution in [0.5, 0.6) is 5.75 Å². The molecule has 0 atom stereocenters. The number of hydrogen-bond acceptors (Lipinski definition) is 2. The third-order valence-corrected chi connectivity index (χ3v) is 3.26. The average molecular weight is 249 g/mol. The molecule has 0 radical (unpaired) electrons. The molecule has 1 fully saturated rings. The van der Waals surface area contributed by atoms with E-state index in [4.69, 9.17) is 16.3 Å². The molecule has 0 amide bonds. The molecule has 1 saturated carbocycles. The second-order valence-corrected chi connectivity index (χ2v) is 4.64. The van der Waals surface area contributed by atoms with Gasteiger partial charge in [0, 0.05) is 5.92 Å². The van der Waals surface area contributed by atoms with Gasteiger partial charge in [0.15, 0.2) is 0 Å². The highest BCUT2D eigenvalue weighted by atomic mass is 35.5. The molecular formula is C13H13ClN2O. The number of para-hydroxylation sites is 2. The van der Waals surface area contributed by atoms with Crippen LogP contribution in [-0.2, 0) is 0 Å². The number of nitrogens with zero attached hydrogens (tertiary/aromatic N) is 2. The van der Waals surface area contributed by atoms with Crippen molar-refractivity contribution in [1.82, 2.24) is 9.78 Å². The van der Waals surface area contributed by atoms with E-state index >= 15 is 0 Å². The number of rotatable bonds is 3. The Morgan fingerprint density at radius 2 is 2.12 bits per heavy atom. The molecule has 0 aliphatic heterocycles. The fraction of sp³-hybridized carbons (Fsp3) is 0.308. The Bertz CT molecular complexity index is 546. The average Bonchev–Trinajstić information content (AvgIpc) is 3.13. The van der Waals surface area contributed by atoms with Crippen molar-refractivity contribution in [2.45, 2.75) is 18.8 Å². The molecule has 2 aromatic rings. The van der Waals surface area contributed by atoms with Gasteiger partial charge in [-0.1, -0.05) is 23.7 Å².